The number of allylic oxidation sites excluding steroid dienone is 2. The third-order valence-electron chi connectivity index (χ3n) is 6.40. The summed E-state index contributed by atoms with van der Waals surface area (Å²) in [6, 6.07) is 22.9. The Hall–Kier alpha value is -2.92. The average Bonchev–Trinajstić information content (AvgIpc) is 2.99. The fourth-order valence-corrected chi connectivity index (χ4v) is 4.85. The Labute approximate surface area is 205 Å². The van der Waals surface area contributed by atoms with E-state index in [1.807, 2.05) is 42.5 Å². The molecule has 174 valence electrons. The summed E-state index contributed by atoms with van der Waals surface area (Å²) in [5.74, 6) is 0.934. The lowest BCUT2D eigenvalue weighted by atomic mass is 9.83. The SMILES string of the molecule is Cc1ccc(C2=C(Cl)/C(=C\CN3CCOCC3)[C@H](c3ccc(F)cc3)c3ccccc3O2)cc1. The Kier molecular flexibility index (Phi) is 6.82. The Balaban J connectivity index is 1.68. The summed E-state index contributed by atoms with van der Waals surface area (Å²) in [4.78, 5) is 2.35. The first-order chi connectivity index (χ1) is 16.6. The lowest BCUT2D eigenvalue weighted by Gasteiger charge is -2.27. The fourth-order valence-electron chi connectivity index (χ4n) is 4.52. The summed E-state index contributed by atoms with van der Waals surface area (Å²) in [6.07, 6.45) is 2.20. The van der Waals surface area contributed by atoms with Gasteiger partial charge in [0, 0.05) is 36.7 Å². The van der Waals surface area contributed by atoms with Gasteiger partial charge in [0.2, 0.25) is 0 Å². The number of aryl methyl sites for hydroxylation is 1. The van der Waals surface area contributed by atoms with E-state index in [9.17, 15) is 4.39 Å². The monoisotopic (exact) mass is 475 g/mol. The Morgan fingerprint density at radius 2 is 1.68 bits per heavy atom. The van der Waals surface area contributed by atoms with Crippen LogP contribution in [0.5, 0.6) is 5.75 Å². The van der Waals surface area contributed by atoms with Crippen LogP contribution in [0.1, 0.15) is 28.2 Å². The van der Waals surface area contributed by atoms with Gasteiger partial charge in [0.05, 0.1) is 18.2 Å². The van der Waals surface area contributed by atoms with Crippen LogP contribution in [0.3, 0.4) is 0 Å². The number of hydrogen-bond donors (Lipinski definition) is 0. The summed E-state index contributed by atoms with van der Waals surface area (Å²) in [5, 5.41) is 0.572. The molecule has 2 heterocycles. The highest BCUT2D eigenvalue weighted by Crippen LogP contribution is 2.47. The van der Waals surface area contributed by atoms with E-state index in [2.05, 4.69) is 36.1 Å². The number of hydrogen-bond acceptors (Lipinski definition) is 3. The van der Waals surface area contributed by atoms with Crippen LogP contribution >= 0.6 is 11.6 Å². The molecule has 0 unspecified atom stereocenters. The van der Waals surface area contributed by atoms with Gasteiger partial charge in [-0.15, -0.1) is 0 Å². The van der Waals surface area contributed by atoms with Gasteiger partial charge in [-0.3, -0.25) is 4.90 Å². The molecule has 3 aromatic carbocycles. The molecule has 3 nitrogen and oxygen atoms in total. The van der Waals surface area contributed by atoms with Crippen LogP contribution in [0, 0.1) is 12.7 Å². The third-order valence-corrected chi connectivity index (χ3v) is 6.79. The molecule has 1 saturated heterocycles. The van der Waals surface area contributed by atoms with Crippen LogP contribution in [-0.2, 0) is 4.74 Å². The molecule has 0 amide bonds. The van der Waals surface area contributed by atoms with Crippen LogP contribution in [0.25, 0.3) is 5.76 Å². The number of fused-ring (bicyclic) bond motifs is 1. The zero-order valence-corrected chi connectivity index (χ0v) is 19.9. The van der Waals surface area contributed by atoms with Gasteiger partial charge in [0.25, 0.3) is 0 Å². The summed E-state index contributed by atoms with van der Waals surface area (Å²) in [6.45, 7) is 6.02. The van der Waals surface area contributed by atoms with Gasteiger partial charge in [-0.1, -0.05) is 77.8 Å². The molecule has 2 aliphatic heterocycles. The van der Waals surface area contributed by atoms with E-state index in [-0.39, 0.29) is 11.7 Å². The van der Waals surface area contributed by atoms with Gasteiger partial charge in [0.15, 0.2) is 5.76 Å². The Bertz CT molecular complexity index is 1210. The van der Waals surface area contributed by atoms with Crippen molar-refractivity contribution in [3.63, 3.8) is 0 Å². The van der Waals surface area contributed by atoms with Crippen molar-refractivity contribution in [1.82, 2.24) is 4.90 Å². The van der Waals surface area contributed by atoms with Crippen molar-refractivity contribution in [2.24, 2.45) is 0 Å². The van der Waals surface area contributed by atoms with Crippen molar-refractivity contribution >= 4 is 17.4 Å². The van der Waals surface area contributed by atoms with Gasteiger partial charge in [-0.25, -0.2) is 4.39 Å². The second-order valence-electron chi connectivity index (χ2n) is 8.71. The molecule has 34 heavy (non-hydrogen) atoms. The first kappa shape index (κ1) is 22.9. The first-order valence-electron chi connectivity index (χ1n) is 11.6. The molecule has 1 atom stereocenters. The molecule has 0 spiro atoms. The predicted octanol–water partition coefficient (Wildman–Crippen LogP) is 6.52. The number of halogens is 2. The second-order valence-corrected chi connectivity index (χ2v) is 9.08. The zero-order chi connectivity index (χ0) is 23.5. The van der Waals surface area contributed by atoms with E-state index >= 15 is 0 Å². The van der Waals surface area contributed by atoms with Gasteiger partial charge in [-0.2, -0.15) is 0 Å². The quantitative estimate of drug-likeness (QED) is 0.428. The van der Waals surface area contributed by atoms with Crippen LogP contribution < -0.4 is 4.74 Å². The maximum Gasteiger partial charge on any atom is 0.153 e. The van der Waals surface area contributed by atoms with Crippen molar-refractivity contribution in [2.45, 2.75) is 12.8 Å². The summed E-state index contributed by atoms with van der Waals surface area (Å²) < 4.78 is 25.8. The van der Waals surface area contributed by atoms with E-state index in [4.69, 9.17) is 21.1 Å². The molecule has 0 aliphatic carbocycles. The van der Waals surface area contributed by atoms with Gasteiger partial charge < -0.3 is 9.47 Å². The number of para-hydroxylation sites is 1. The predicted molar refractivity (Wildman–Crippen MR) is 135 cm³/mol. The highest BCUT2D eigenvalue weighted by Gasteiger charge is 2.31. The van der Waals surface area contributed by atoms with Gasteiger partial charge in [0.1, 0.15) is 11.6 Å². The minimum Gasteiger partial charge on any atom is -0.455 e. The molecule has 5 rings (SSSR count). The normalized spacial score (nSPS) is 20.1. The summed E-state index contributed by atoms with van der Waals surface area (Å²) in [7, 11) is 0. The molecule has 5 heteroatoms. The van der Waals surface area contributed by atoms with Crippen LogP contribution in [0.15, 0.2) is 89.5 Å². The van der Waals surface area contributed by atoms with Crippen LogP contribution in [-0.4, -0.2) is 37.7 Å². The maximum absolute atomic E-state index is 13.8. The lowest BCUT2D eigenvalue weighted by molar-refractivity contribution is 0.0433. The van der Waals surface area contributed by atoms with Crippen molar-refractivity contribution in [2.75, 3.05) is 32.8 Å². The standard InChI is InChI=1S/C29H27ClFNO2/c1-20-6-8-22(9-7-20)29-28(30)25(14-15-32-16-18-33-19-17-32)27(21-10-12-23(31)13-11-21)24-4-2-3-5-26(24)34-29/h2-14,27H,15-19H2,1H3/b25-14-/t27-/m1/s1. The van der Waals surface area contributed by atoms with E-state index in [0.29, 0.717) is 10.8 Å². The highest BCUT2D eigenvalue weighted by atomic mass is 35.5. The minimum absolute atomic E-state index is 0.187. The number of nitrogens with zero attached hydrogens (tertiary/aromatic N) is 1. The highest BCUT2D eigenvalue weighted by molar-refractivity contribution is 6.35. The number of rotatable bonds is 4. The van der Waals surface area contributed by atoms with Gasteiger partial charge in [-0.05, 0) is 36.3 Å². The molecular formula is C29H27ClFNO2. The van der Waals surface area contributed by atoms with Gasteiger partial charge >= 0.3 is 0 Å². The summed E-state index contributed by atoms with van der Waals surface area (Å²) >= 11 is 7.18. The zero-order valence-electron chi connectivity index (χ0n) is 19.1. The second kappa shape index (κ2) is 10.1. The smallest absolute Gasteiger partial charge is 0.153 e. The molecule has 0 aromatic heterocycles. The topological polar surface area (TPSA) is 21.7 Å². The molecular weight excluding hydrogens is 449 g/mol. The first-order valence-corrected chi connectivity index (χ1v) is 12.0. The molecule has 1 fully saturated rings. The van der Waals surface area contributed by atoms with E-state index < -0.39 is 0 Å². The Morgan fingerprint density at radius 1 is 0.971 bits per heavy atom. The Morgan fingerprint density at radius 3 is 2.41 bits per heavy atom. The lowest BCUT2D eigenvalue weighted by Crippen LogP contribution is -2.36. The van der Waals surface area contributed by atoms with Crippen molar-refractivity contribution in [3.05, 3.63) is 118 Å². The molecule has 3 aromatic rings. The number of ether oxygens (including phenoxy) is 2. The third kappa shape index (κ3) is 4.80. The molecule has 0 N–H and O–H groups in total. The largest absolute Gasteiger partial charge is 0.455 e. The van der Waals surface area contributed by atoms with E-state index in [1.165, 1.54) is 17.7 Å². The van der Waals surface area contributed by atoms with Crippen molar-refractivity contribution < 1.29 is 13.9 Å². The molecule has 2 aliphatic rings. The fraction of sp³-hybridized carbons (Fsp3) is 0.241. The molecule has 0 radical (unpaired) electrons. The van der Waals surface area contributed by atoms with Crippen molar-refractivity contribution in [3.8, 4) is 5.75 Å². The number of benzene rings is 3. The van der Waals surface area contributed by atoms with E-state index in [0.717, 1.165) is 60.9 Å². The molecule has 0 bridgehead atoms. The number of morpholine rings is 1. The van der Waals surface area contributed by atoms with Crippen molar-refractivity contribution in [1.29, 1.82) is 0 Å². The molecule has 0 saturated carbocycles. The maximum atomic E-state index is 13.8. The van der Waals surface area contributed by atoms with E-state index in [1.54, 1.807) is 0 Å². The minimum atomic E-state index is -0.261. The summed E-state index contributed by atoms with van der Waals surface area (Å²) in [5.41, 5.74) is 5.01. The van der Waals surface area contributed by atoms with Crippen LogP contribution in [0.4, 0.5) is 4.39 Å². The average molecular weight is 476 g/mol. The van der Waals surface area contributed by atoms with Crippen LogP contribution in [0.2, 0.25) is 0 Å².